The lowest BCUT2D eigenvalue weighted by Gasteiger charge is -2.04. The van der Waals surface area contributed by atoms with Crippen LogP contribution in [0.3, 0.4) is 0 Å². The van der Waals surface area contributed by atoms with Gasteiger partial charge in [-0.1, -0.05) is 39.0 Å². The number of hydrazine groups is 1. The Morgan fingerprint density at radius 2 is 1.40 bits per heavy atom. The minimum absolute atomic E-state index is 0. The van der Waals surface area contributed by atoms with E-state index < -0.39 is 11.9 Å². The molecule has 0 aromatic carbocycles. The van der Waals surface area contributed by atoms with Crippen molar-refractivity contribution >= 4 is 55.3 Å². The highest BCUT2D eigenvalue weighted by atomic mass is 35.5. The Balaban J connectivity index is -0.000000366. The van der Waals surface area contributed by atoms with E-state index in [1.807, 2.05) is 0 Å². The lowest BCUT2D eigenvalue weighted by atomic mass is 10.5. The van der Waals surface area contributed by atoms with Crippen LogP contribution in [0.5, 0.6) is 0 Å². The van der Waals surface area contributed by atoms with Gasteiger partial charge in [-0.25, -0.2) is 15.0 Å². The molecule has 4 N–H and O–H groups in total. The van der Waals surface area contributed by atoms with Crippen LogP contribution in [0.4, 0.5) is 5.82 Å². The molecule has 0 radical (unpaired) electrons. The molecule has 1 amide bonds. The van der Waals surface area contributed by atoms with Gasteiger partial charge in [0.05, 0.1) is 5.69 Å². The molecule has 30 heavy (non-hydrogen) atoms. The Labute approximate surface area is 186 Å². The average Bonchev–Trinajstić information content (AvgIpc) is 2.61. The fourth-order valence-corrected chi connectivity index (χ4v) is 1.58. The van der Waals surface area contributed by atoms with Gasteiger partial charge in [0.15, 0.2) is 16.1 Å². The second kappa shape index (κ2) is 18.2. The summed E-state index contributed by atoms with van der Waals surface area (Å²) >= 11 is 11.2. The van der Waals surface area contributed by atoms with Crippen molar-refractivity contribution in [1.29, 1.82) is 0 Å². The molecule has 0 atom stereocenters. The van der Waals surface area contributed by atoms with E-state index >= 15 is 0 Å². The average molecular weight is 463 g/mol. The van der Waals surface area contributed by atoms with Crippen molar-refractivity contribution in [3.05, 3.63) is 40.8 Å². The lowest BCUT2D eigenvalue weighted by molar-refractivity contribution is -0.156. The third kappa shape index (κ3) is 16.2. The maximum Gasteiger partial charge on any atom is 0.310 e. The third-order valence-corrected chi connectivity index (χ3v) is 2.81. The second-order valence-corrected chi connectivity index (χ2v) is 5.30. The molecule has 2 aromatic rings. The number of hydrogen-bond acceptors (Lipinski definition) is 10. The zero-order valence-electron chi connectivity index (χ0n) is 15.3. The van der Waals surface area contributed by atoms with Crippen LogP contribution in [-0.4, -0.2) is 46.2 Å². The Morgan fingerprint density at radius 3 is 1.73 bits per heavy atom. The van der Waals surface area contributed by atoms with E-state index in [1.165, 1.54) is 39.4 Å². The molecule has 0 aliphatic rings. The van der Waals surface area contributed by atoms with E-state index in [9.17, 15) is 14.4 Å². The largest absolute Gasteiger partial charge is 0.394 e. The van der Waals surface area contributed by atoms with Gasteiger partial charge < -0.3 is 10.5 Å². The van der Waals surface area contributed by atoms with Gasteiger partial charge in [0, 0.05) is 52.1 Å². The van der Waals surface area contributed by atoms with Crippen LogP contribution in [0.25, 0.3) is 0 Å². The SMILES string of the molecule is C.CC(=O)NNc1nccnc1Cl.CC(=O)OC(C)=O.NCc1nccnc1Cl.[BH4-]. The number of nitrogens with zero attached hydrogens (tertiary/aromatic N) is 4. The van der Waals surface area contributed by atoms with Gasteiger partial charge in [0.2, 0.25) is 5.91 Å². The number of anilines is 1. The second-order valence-electron chi connectivity index (χ2n) is 4.59. The predicted molar refractivity (Wildman–Crippen MR) is 120 cm³/mol. The van der Waals surface area contributed by atoms with E-state index in [-0.39, 0.29) is 26.9 Å². The van der Waals surface area contributed by atoms with Crippen LogP contribution in [0, 0.1) is 0 Å². The number of aromatic nitrogens is 4. The molecule has 14 heteroatoms. The minimum atomic E-state index is -0.562. The van der Waals surface area contributed by atoms with Crippen molar-refractivity contribution in [3.8, 4) is 0 Å². The zero-order valence-corrected chi connectivity index (χ0v) is 16.8. The van der Waals surface area contributed by atoms with Crippen molar-refractivity contribution in [2.45, 2.75) is 34.7 Å². The van der Waals surface area contributed by atoms with E-state index in [1.54, 1.807) is 6.20 Å². The Morgan fingerprint density at radius 1 is 0.933 bits per heavy atom. The standard InChI is InChI=1S/C6H7ClN4O.C5H6ClN3.C4H6O3.CH4.BH4/c1-4(12)10-11-6-5(7)8-2-3-9-6;6-5-4(3-7)8-1-2-9-5;1-3(5)7-4(2)6;;/h2-3H,1H3,(H,9,11)(H,10,12);1-2H,3,7H2;1-2H3;2*1H4/q;;;;-1. The number of halogens is 2. The first-order valence-electron chi connectivity index (χ1n) is 7.50. The number of amides is 1. The summed E-state index contributed by atoms with van der Waals surface area (Å²) < 4.78 is 3.97. The maximum atomic E-state index is 10.5. The number of carbonyl (C=O) groups is 3. The summed E-state index contributed by atoms with van der Waals surface area (Å²) in [4.78, 5) is 45.3. The molecule has 168 valence electrons. The highest BCUT2D eigenvalue weighted by Crippen LogP contribution is 2.12. The highest BCUT2D eigenvalue weighted by molar-refractivity contribution is 6.31. The van der Waals surface area contributed by atoms with Crippen molar-refractivity contribution < 1.29 is 19.1 Å². The summed E-state index contributed by atoms with van der Waals surface area (Å²) in [6.07, 6.45) is 6.02. The van der Waals surface area contributed by atoms with Gasteiger partial charge in [-0.05, 0) is 0 Å². The van der Waals surface area contributed by atoms with E-state index in [4.69, 9.17) is 28.9 Å². The molecular weight excluding hydrogens is 436 g/mol. The van der Waals surface area contributed by atoms with Crippen molar-refractivity contribution in [2.75, 3.05) is 5.43 Å². The van der Waals surface area contributed by atoms with Crippen molar-refractivity contribution in [1.82, 2.24) is 25.4 Å². The Kier molecular flexibility index (Phi) is 19.3. The first-order valence-corrected chi connectivity index (χ1v) is 8.26. The zero-order chi connectivity index (χ0) is 21.5. The molecular formula is C16H27BCl2N7O4-. The summed E-state index contributed by atoms with van der Waals surface area (Å²) in [5, 5.41) is 0.603. The minimum Gasteiger partial charge on any atom is -0.394 e. The lowest BCUT2D eigenvalue weighted by Crippen LogP contribution is -2.27. The first kappa shape index (κ1) is 31.9. The number of hydrogen-bond donors (Lipinski definition) is 3. The molecule has 0 unspecified atom stereocenters. The molecule has 0 bridgehead atoms. The number of carbonyl (C=O) groups excluding carboxylic acids is 3. The number of nitrogens with two attached hydrogens (primary N) is 1. The first-order chi connectivity index (χ1) is 13.2. The predicted octanol–water partition coefficient (Wildman–Crippen LogP) is 0.462. The Hall–Kier alpha value is -2.83. The van der Waals surface area contributed by atoms with Crippen LogP contribution in [0.2, 0.25) is 10.3 Å². The van der Waals surface area contributed by atoms with Crippen LogP contribution in [-0.2, 0) is 25.7 Å². The van der Waals surface area contributed by atoms with Crippen LogP contribution < -0.4 is 16.6 Å². The van der Waals surface area contributed by atoms with E-state index in [2.05, 4.69) is 35.5 Å². The maximum absolute atomic E-state index is 10.5. The molecule has 2 heterocycles. The summed E-state index contributed by atoms with van der Waals surface area (Å²) in [7, 11) is 0. The number of ether oxygens (including phenoxy) is 1. The van der Waals surface area contributed by atoms with Crippen LogP contribution in [0.1, 0.15) is 33.9 Å². The van der Waals surface area contributed by atoms with Gasteiger partial charge in [0.25, 0.3) is 0 Å². The smallest absolute Gasteiger partial charge is 0.310 e. The van der Waals surface area contributed by atoms with E-state index in [0.29, 0.717) is 23.2 Å². The van der Waals surface area contributed by atoms with Gasteiger partial charge in [-0.3, -0.25) is 30.2 Å². The number of nitrogens with one attached hydrogen (secondary N) is 2. The molecule has 2 rings (SSSR count). The van der Waals surface area contributed by atoms with Crippen molar-refractivity contribution in [3.63, 3.8) is 0 Å². The fraction of sp³-hybridized carbons (Fsp3) is 0.312. The quantitative estimate of drug-likeness (QED) is 0.252. The van der Waals surface area contributed by atoms with Crippen molar-refractivity contribution in [2.24, 2.45) is 5.73 Å². The fourth-order valence-electron chi connectivity index (χ4n) is 1.24. The van der Waals surface area contributed by atoms with Crippen LogP contribution >= 0.6 is 23.2 Å². The summed E-state index contributed by atoms with van der Waals surface area (Å²) in [6, 6.07) is 0. The summed E-state index contributed by atoms with van der Waals surface area (Å²) in [5.74, 6) is -1.02. The van der Waals surface area contributed by atoms with Gasteiger partial charge in [-0.15, -0.1) is 0 Å². The number of esters is 2. The molecule has 0 aliphatic heterocycles. The van der Waals surface area contributed by atoms with E-state index in [0.717, 1.165) is 0 Å². The topological polar surface area (TPSA) is 162 Å². The normalized spacial score (nSPS) is 8.33. The monoisotopic (exact) mass is 462 g/mol. The molecule has 0 saturated heterocycles. The van der Waals surface area contributed by atoms with Crippen LogP contribution in [0.15, 0.2) is 24.8 Å². The third-order valence-electron chi connectivity index (χ3n) is 2.21. The molecule has 2 aromatic heterocycles. The number of rotatable bonds is 3. The molecule has 11 nitrogen and oxygen atoms in total. The highest BCUT2D eigenvalue weighted by Gasteiger charge is 2.00. The summed E-state index contributed by atoms with van der Waals surface area (Å²) in [5.41, 5.74) is 10.7. The summed E-state index contributed by atoms with van der Waals surface area (Å²) in [6.45, 7) is 4.08. The van der Waals surface area contributed by atoms with Gasteiger partial charge in [0.1, 0.15) is 0 Å². The Bertz CT molecular complexity index is 788. The van der Waals surface area contributed by atoms with Gasteiger partial charge in [-0.2, -0.15) is 0 Å². The molecule has 0 fully saturated rings. The molecule has 0 spiro atoms. The molecule has 0 saturated carbocycles. The van der Waals surface area contributed by atoms with Gasteiger partial charge >= 0.3 is 11.9 Å². The molecule has 0 aliphatic carbocycles.